The summed E-state index contributed by atoms with van der Waals surface area (Å²) in [5.74, 6) is -2.29. The lowest BCUT2D eigenvalue weighted by atomic mass is 9.96. The molecule has 1 aromatic heterocycles. The minimum Gasteiger partial charge on any atom is -0.477 e. The largest absolute Gasteiger partial charge is 0.477 e. The van der Waals surface area contributed by atoms with E-state index in [1.165, 1.54) is 28.8 Å². The van der Waals surface area contributed by atoms with Crippen LogP contribution >= 0.6 is 23.2 Å². The third-order valence-electron chi connectivity index (χ3n) is 4.88. The molecule has 10 heteroatoms. The SMILES string of the molecule is CCn1c(C)c(-c2ccc(Cl)cc2F)c(=O)c(C(=O)O)c1-c1ccc([N+](=O)[O-])c(Cl)c1. The average Bonchev–Trinajstić information content (AvgIpc) is 2.68. The van der Waals surface area contributed by atoms with E-state index in [9.17, 15) is 29.2 Å². The van der Waals surface area contributed by atoms with Crippen molar-refractivity contribution in [2.75, 3.05) is 0 Å². The molecule has 0 fully saturated rings. The fourth-order valence-electron chi connectivity index (χ4n) is 3.54. The Hall–Kier alpha value is -3.23. The van der Waals surface area contributed by atoms with E-state index in [0.717, 1.165) is 12.1 Å². The van der Waals surface area contributed by atoms with E-state index in [1.54, 1.807) is 13.8 Å². The first kappa shape index (κ1) is 22.5. The Morgan fingerprint density at radius 3 is 2.42 bits per heavy atom. The molecule has 3 aromatic rings. The molecule has 0 atom stereocenters. The quantitative estimate of drug-likeness (QED) is 0.393. The van der Waals surface area contributed by atoms with Gasteiger partial charge in [0, 0.05) is 34.5 Å². The van der Waals surface area contributed by atoms with Crippen molar-refractivity contribution in [3.8, 4) is 22.4 Å². The first-order valence-corrected chi connectivity index (χ1v) is 9.74. The number of carboxylic acid groups (broad SMARTS) is 1. The highest BCUT2D eigenvalue weighted by Gasteiger charge is 2.27. The summed E-state index contributed by atoms with van der Waals surface area (Å²) in [6.45, 7) is 3.52. The van der Waals surface area contributed by atoms with Crippen molar-refractivity contribution in [3.05, 3.63) is 83.9 Å². The number of carbonyl (C=O) groups is 1. The maximum absolute atomic E-state index is 14.6. The Labute approximate surface area is 185 Å². The normalized spacial score (nSPS) is 10.9. The summed E-state index contributed by atoms with van der Waals surface area (Å²) >= 11 is 11.8. The van der Waals surface area contributed by atoms with Gasteiger partial charge < -0.3 is 9.67 Å². The molecule has 0 bridgehead atoms. The lowest BCUT2D eigenvalue weighted by Crippen LogP contribution is -2.25. The second-order valence-electron chi connectivity index (χ2n) is 6.61. The number of halogens is 3. The standard InChI is InChI=1S/C21H15Cl2FN2O5/c1-3-25-10(2)17(13-6-5-12(22)9-15(13)24)20(27)18(21(28)29)19(25)11-4-7-16(26(30)31)14(23)8-11/h4-9H,3H2,1-2H3,(H,28,29). The number of aromatic carboxylic acids is 1. The zero-order valence-electron chi connectivity index (χ0n) is 16.3. The van der Waals surface area contributed by atoms with Crippen LogP contribution in [-0.2, 0) is 6.54 Å². The van der Waals surface area contributed by atoms with Crippen LogP contribution < -0.4 is 5.43 Å². The molecule has 2 aromatic carbocycles. The van der Waals surface area contributed by atoms with Crippen LogP contribution in [0, 0.1) is 22.9 Å². The molecule has 3 rings (SSSR count). The maximum Gasteiger partial charge on any atom is 0.341 e. The number of benzene rings is 2. The summed E-state index contributed by atoms with van der Waals surface area (Å²) in [4.78, 5) is 35.8. The molecule has 0 aliphatic carbocycles. The van der Waals surface area contributed by atoms with Crippen LogP contribution in [0.3, 0.4) is 0 Å². The van der Waals surface area contributed by atoms with Crippen molar-refractivity contribution in [3.63, 3.8) is 0 Å². The van der Waals surface area contributed by atoms with Gasteiger partial charge in [-0.05, 0) is 44.2 Å². The van der Waals surface area contributed by atoms with E-state index >= 15 is 0 Å². The molecule has 0 saturated heterocycles. The van der Waals surface area contributed by atoms with Crippen LogP contribution in [0.25, 0.3) is 22.4 Å². The summed E-state index contributed by atoms with van der Waals surface area (Å²) < 4.78 is 16.1. The molecular formula is C21H15Cl2FN2O5. The van der Waals surface area contributed by atoms with Gasteiger partial charge in [-0.1, -0.05) is 23.2 Å². The number of nitro groups is 1. The van der Waals surface area contributed by atoms with Crippen molar-refractivity contribution < 1.29 is 19.2 Å². The zero-order valence-corrected chi connectivity index (χ0v) is 17.8. The molecule has 0 unspecified atom stereocenters. The maximum atomic E-state index is 14.6. The lowest BCUT2D eigenvalue weighted by molar-refractivity contribution is -0.384. The smallest absolute Gasteiger partial charge is 0.341 e. The fourth-order valence-corrected chi connectivity index (χ4v) is 3.95. The van der Waals surface area contributed by atoms with Crippen molar-refractivity contribution in [1.82, 2.24) is 4.57 Å². The molecule has 7 nitrogen and oxygen atoms in total. The molecule has 0 radical (unpaired) electrons. The summed E-state index contributed by atoms with van der Waals surface area (Å²) in [6, 6.07) is 7.44. The van der Waals surface area contributed by atoms with Gasteiger partial charge in [-0.15, -0.1) is 0 Å². The highest BCUT2D eigenvalue weighted by atomic mass is 35.5. The number of hydrogen-bond donors (Lipinski definition) is 1. The number of nitrogens with zero attached hydrogens (tertiary/aromatic N) is 2. The predicted octanol–water partition coefficient (Wildman–Crippen LogP) is 5.56. The van der Waals surface area contributed by atoms with Gasteiger partial charge in [0.2, 0.25) is 5.43 Å². The van der Waals surface area contributed by atoms with Crippen LogP contribution in [0.5, 0.6) is 0 Å². The number of aromatic nitrogens is 1. The topological polar surface area (TPSA) is 102 Å². The van der Waals surface area contributed by atoms with E-state index in [0.29, 0.717) is 5.69 Å². The van der Waals surface area contributed by atoms with Gasteiger partial charge in [-0.2, -0.15) is 0 Å². The first-order chi connectivity index (χ1) is 14.6. The van der Waals surface area contributed by atoms with Crippen LogP contribution in [0.2, 0.25) is 10.0 Å². The Morgan fingerprint density at radius 1 is 1.23 bits per heavy atom. The Bertz CT molecular complexity index is 1300. The average molecular weight is 465 g/mol. The number of hydrogen-bond acceptors (Lipinski definition) is 4. The lowest BCUT2D eigenvalue weighted by Gasteiger charge is -2.21. The van der Waals surface area contributed by atoms with Gasteiger partial charge >= 0.3 is 5.97 Å². The van der Waals surface area contributed by atoms with Crippen molar-refractivity contribution in [2.24, 2.45) is 0 Å². The number of carboxylic acids is 1. The van der Waals surface area contributed by atoms with Gasteiger partial charge in [0.25, 0.3) is 5.69 Å². The van der Waals surface area contributed by atoms with Crippen LogP contribution in [-0.4, -0.2) is 20.6 Å². The zero-order chi connectivity index (χ0) is 23.0. The Morgan fingerprint density at radius 2 is 1.90 bits per heavy atom. The van der Waals surface area contributed by atoms with Gasteiger partial charge in [0.15, 0.2) is 0 Å². The molecule has 0 spiro atoms. The van der Waals surface area contributed by atoms with Gasteiger partial charge in [-0.25, -0.2) is 9.18 Å². The molecule has 160 valence electrons. The fraction of sp³-hybridized carbons (Fsp3) is 0.143. The van der Waals surface area contributed by atoms with Gasteiger partial charge in [0.05, 0.1) is 16.2 Å². The van der Waals surface area contributed by atoms with Crippen molar-refractivity contribution in [2.45, 2.75) is 20.4 Å². The summed E-state index contributed by atoms with van der Waals surface area (Å²) in [7, 11) is 0. The summed E-state index contributed by atoms with van der Waals surface area (Å²) in [5.41, 5.74) is -1.48. The van der Waals surface area contributed by atoms with Crippen molar-refractivity contribution >= 4 is 34.9 Å². The second kappa shape index (κ2) is 8.49. The van der Waals surface area contributed by atoms with Gasteiger partial charge in [0.1, 0.15) is 16.4 Å². The molecule has 0 aliphatic rings. The molecule has 0 amide bonds. The molecule has 1 heterocycles. The number of nitro benzene ring substituents is 1. The van der Waals surface area contributed by atoms with E-state index in [1.807, 2.05) is 0 Å². The van der Waals surface area contributed by atoms with Crippen molar-refractivity contribution in [1.29, 1.82) is 0 Å². The van der Waals surface area contributed by atoms with E-state index < -0.39 is 27.7 Å². The minimum absolute atomic E-state index is 0.0208. The van der Waals surface area contributed by atoms with Crippen LogP contribution in [0.4, 0.5) is 10.1 Å². The predicted molar refractivity (Wildman–Crippen MR) is 116 cm³/mol. The van der Waals surface area contributed by atoms with Crippen LogP contribution in [0.15, 0.2) is 41.2 Å². The highest BCUT2D eigenvalue weighted by Crippen LogP contribution is 2.34. The third kappa shape index (κ3) is 3.92. The van der Waals surface area contributed by atoms with E-state index in [4.69, 9.17) is 23.2 Å². The highest BCUT2D eigenvalue weighted by molar-refractivity contribution is 6.33. The number of rotatable bonds is 5. The first-order valence-electron chi connectivity index (χ1n) is 8.98. The molecular weight excluding hydrogens is 450 g/mol. The van der Waals surface area contributed by atoms with E-state index in [2.05, 4.69) is 0 Å². The summed E-state index contributed by atoms with van der Waals surface area (Å²) in [5, 5.41) is 20.8. The second-order valence-corrected chi connectivity index (χ2v) is 7.45. The summed E-state index contributed by atoms with van der Waals surface area (Å²) in [6.07, 6.45) is 0. The molecule has 31 heavy (non-hydrogen) atoms. The van der Waals surface area contributed by atoms with Gasteiger partial charge in [-0.3, -0.25) is 14.9 Å². The Balaban J connectivity index is 2.44. The monoisotopic (exact) mass is 464 g/mol. The Kier molecular flexibility index (Phi) is 6.15. The van der Waals surface area contributed by atoms with E-state index in [-0.39, 0.29) is 44.7 Å². The molecule has 1 N–H and O–H groups in total. The van der Waals surface area contributed by atoms with Crippen LogP contribution in [0.1, 0.15) is 23.0 Å². The minimum atomic E-state index is -1.52. The molecule has 0 saturated carbocycles. The number of pyridine rings is 1. The molecule has 0 aliphatic heterocycles. The third-order valence-corrected chi connectivity index (χ3v) is 5.41.